The molecule has 14 heavy (non-hydrogen) atoms. The Morgan fingerprint density at radius 2 is 2.36 bits per heavy atom. The predicted molar refractivity (Wildman–Crippen MR) is 58.7 cm³/mol. The van der Waals surface area contributed by atoms with Crippen LogP contribution >= 0.6 is 12.6 Å². The van der Waals surface area contributed by atoms with Crippen molar-refractivity contribution in [1.29, 1.82) is 0 Å². The molecule has 1 aliphatic heterocycles. The largest absolute Gasteiger partial charge is 0.296 e. The minimum Gasteiger partial charge on any atom is -0.296 e. The van der Waals surface area contributed by atoms with E-state index in [0.29, 0.717) is 13.0 Å². The molecule has 1 saturated heterocycles. The van der Waals surface area contributed by atoms with Crippen molar-refractivity contribution in [1.82, 2.24) is 4.98 Å². The van der Waals surface area contributed by atoms with Crippen molar-refractivity contribution in [2.45, 2.75) is 18.6 Å². The lowest BCUT2D eigenvalue weighted by atomic mass is 10.3. The topological polar surface area (TPSA) is 33.2 Å². The van der Waals surface area contributed by atoms with Crippen LogP contribution in [0.2, 0.25) is 0 Å². The van der Waals surface area contributed by atoms with Crippen molar-refractivity contribution in [2.24, 2.45) is 0 Å². The van der Waals surface area contributed by atoms with Crippen LogP contribution in [0.15, 0.2) is 18.3 Å². The third kappa shape index (κ3) is 1.75. The lowest BCUT2D eigenvalue weighted by Gasteiger charge is -2.14. The molecule has 1 aliphatic rings. The number of carbonyl (C=O) groups excluding carboxylic acids is 1. The van der Waals surface area contributed by atoms with Gasteiger partial charge in [-0.3, -0.25) is 9.69 Å². The summed E-state index contributed by atoms with van der Waals surface area (Å²) >= 11 is 4.29. The van der Waals surface area contributed by atoms with Gasteiger partial charge in [-0.05, 0) is 18.6 Å². The van der Waals surface area contributed by atoms with E-state index in [0.717, 1.165) is 11.4 Å². The quantitative estimate of drug-likeness (QED) is 0.708. The summed E-state index contributed by atoms with van der Waals surface area (Å²) in [6, 6.07) is 3.83. The Morgan fingerprint density at radius 3 is 2.86 bits per heavy atom. The van der Waals surface area contributed by atoms with Crippen LogP contribution in [0.5, 0.6) is 0 Å². The Hall–Kier alpha value is -1.03. The number of carbonyl (C=O) groups is 1. The third-order valence-electron chi connectivity index (χ3n) is 2.28. The van der Waals surface area contributed by atoms with Crippen LogP contribution in [0.4, 0.5) is 5.82 Å². The van der Waals surface area contributed by atoms with Crippen LogP contribution in [0.1, 0.15) is 12.0 Å². The molecule has 0 aliphatic carbocycles. The van der Waals surface area contributed by atoms with Crippen molar-refractivity contribution >= 4 is 24.4 Å². The standard InChI is InChI=1S/C10H12N2OS/c1-7-2-3-9(11-5-7)12-6-8(14)4-10(12)13/h2-3,5,8,14H,4,6H2,1H3. The average Bonchev–Trinajstić information content (AvgIpc) is 2.47. The molecule has 1 amide bonds. The first kappa shape index (κ1) is 9.52. The first-order valence-corrected chi connectivity index (χ1v) is 5.09. The van der Waals surface area contributed by atoms with Crippen LogP contribution in [-0.4, -0.2) is 22.7 Å². The van der Waals surface area contributed by atoms with Gasteiger partial charge in [0.15, 0.2) is 0 Å². The number of anilines is 1. The normalized spacial score (nSPS) is 21.7. The summed E-state index contributed by atoms with van der Waals surface area (Å²) in [5.74, 6) is 0.846. The number of pyridine rings is 1. The molecule has 74 valence electrons. The summed E-state index contributed by atoms with van der Waals surface area (Å²) in [7, 11) is 0. The van der Waals surface area contributed by atoms with E-state index in [2.05, 4.69) is 17.6 Å². The second kappa shape index (κ2) is 3.61. The Bertz CT molecular complexity index is 350. The number of aromatic nitrogens is 1. The zero-order chi connectivity index (χ0) is 10.1. The fourth-order valence-corrected chi connectivity index (χ4v) is 1.85. The van der Waals surface area contributed by atoms with Crippen LogP contribution in [0.3, 0.4) is 0 Å². The van der Waals surface area contributed by atoms with Gasteiger partial charge in [-0.1, -0.05) is 6.07 Å². The third-order valence-corrected chi connectivity index (χ3v) is 2.62. The van der Waals surface area contributed by atoms with Crippen LogP contribution in [-0.2, 0) is 4.79 Å². The maximum atomic E-state index is 11.5. The van der Waals surface area contributed by atoms with E-state index in [-0.39, 0.29) is 11.2 Å². The van der Waals surface area contributed by atoms with Gasteiger partial charge >= 0.3 is 0 Å². The lowest BCUT2D eigenvalue weighted by molar-refractivity contribution is -0.117. The summed E-state index contributed by atoms with van der Waals surface area (Å²) in [5.41, 5.74) is 1.10. The van der Waals surface area contributed by atoms with E-state index in [1.54, 1.807) is 11.1 Å². The highest BCUT2D eigenvalue weighted by atomic mass is 32.1. The SMILES string of the molecule is Cc1ccc(N2CC(S)CC2=O)nc1. The highest BCUT2D eigenvalue weighted by Gasteiger charge is 2.28. The molecule has 0 saturated carbocycles. The molecule has 3 nitrogen and oxygen atoms in total. The van der Waals surface area contributed by atoms with Crippen molar-refractivity contribution < 1.29 is 4.79 Å². The smallest absolute Gasteiger partial charge is 0.229 e. The van der Waals surface area contributed by atoms with Gasteiger partial charge in [0.25, 0.3) is 0 Å². The molecule has 0 radical (unpaired) electrons. The number of hydrogen-bond donors (Lipinski definition) is 1. The van der Waals surface area contributed by atoms with Gasteiger partial charge in [-0.25, -0.2) is 4.98 Å². The van der Waals surface area contributed by atoms with Crippen LogP contribution < -0.4 is 4.90 Å². The van der Waals surface area contributed by atoms with E-state index in [4.69, 9.17) is 0 Å². The molecular weight excluding hydrogens is 196 g/mol. The van der Waals surface area contributed by atoms with Crippen LogP contribution in [0.25, 0.3) is 0 Å². The van der Waals surface area contributed by atoms with Gasteiger partial charge < -0.3 is 0 Å². The molecule has 2 rings (SSSR count). The molecule has 4 heteroatoms. The molecule has 0 aromatic carbocycles. The van der Waals surface area contributed by atoms with Crippen molar-refractivity contribution in [2.75, 3.05) is 11.4 Å². The van der Waals surface area contributed by atoms with E-state index >= 15 is 0 Å². The van der Waals surface area contributed by atoms with Gasteiger partial charge in [0.1, 0.15) is 5.82 Å². The van der Waals surface area contributed by atoms with Gasteiger partial charge in [0, 0.05) is 24.4 Å². The number of rotatable bonds is 1. The highest BCUT2D eigenvalue weighted by molar-refractivity contribution is 7.81. The zero-order valence-electron chi connectivity index (χ0n) is 7.97. The Balaban J connectivity index is 2.23. The monoisotopic (exact) mass is 208 g/mol. The zero-order valence-corrected chi connectivity index (χ0v) is 8.87. The molecule has 1 aromatic rings. The summed E-state index contributed by atoms with van der Waals surface area (Å²) in [6.45, 7) is 2.64. The molecule has 0 spiro atoms. The maximum Gasteiger partial charge on any atom is 0.229 e. The molecule has 1 atom stereocenters. The van der Waals surface area contributed by atoms with Crippen molar-refractivity contribution in [3.8, 4) is 0 Å². The van der Waals surface area contributed by atoms with Gasteiger partial charge in [-0.2, -0.15) is 12.6 Å². The van der Waals surface area contributed by atoms with Gasteiger partial charge in [-0.15, -0.1) is 0 Å². The van der Waals surface area contributed by atoms with E-state index < -0.39 is 0 Å². The predicted octanol–water partition coefficient (Wildman–Crippen LogP) is 1.43. The average molecular weight is 208 g/mol. The van der Waals surface area contributed by atoms with E-state index in [1.807, 2.05) is 19.1 Å². The number of aryl methyl sites for hydroxylation is 1. The molecular formula is C10H12N2OS. The summed E-state index contributed by atoms with van der Waals surface area (Å²) in [5, 5.41) is 0.144. The Morgan fingerprint density at radius 1 is 1.57 bits per heavy atom. The van der Waals surface area contributed by atoms with E-state index in [9.17, 15) is 4.79 Å². The molecule has 0 N–H and O–H groups in total. The Labute approximate surface area is 88.5 Å². The molecule has 1 unspecified atom stereocenters. The number of amides is 1. The minimum absolute atomic E-state index is 0.112. The summed E-state index contributed by atoms with van der Waals surface area (Å²) in [4.78, 5) is 17.4. The Kier molecular flexibility index (Phi) is 2.46. The minimum atomic E-state index is 0.112. The lowest BCUT2D eigenvalue weighted by Crippen LogP contribution is -2.25. The molecule has 1 aromatic heterocycles. The fourth-order valence-electron chi connectivity index (χ4n) is 1.53. The first-order valence-electron chi connectivity index (χ1n) is 4.58. The number of thiol groups is 1. The molecule has 1 fully saturated rings. The van der Waals surface area contributed by atoms with Gasteiger partial charge in [0.05, 0.1) is 0 Å². The summed E-state index contributed by atoms with van der Waals surface area (Å²) < 4.78 is 0. The number of nitrogens with zero attached hydrogens (tertiary/aromatic N) is 2. The fraction of sp³-hybridized carbons (Fsp3) is 0.400. The summed E-state index contributed by atoms with van der Waals surface area (Å²) in [6.07, 6.45) is 2.28. The maximum absolute atomic E-state index is 11.5. The molecule has 0 bridgehead atoms. The second-order valence-corrected chi connectivity index (χ2v) is 4.29. The first-order chi connectivity index (χ1) is 6.66. The van der Waals surface area contributed by atoms with Crippen molar-refractivity contribution in [3.05, 3.63) is 23.9 Å². The van der Waals surface area contributed by atoms with Crippen molar-refractivity contribution in [3.63, 3.8) is 0 Å². The number of hydrogen-bond acceptors (Lipinski definition) is 3. The second-order valence-electron chi connectivity index (χ2n) is 3.56. The van der Waals surface area contributed by atoms with E-state index in [1.165, 1.54) is 0 Å². The van der Waals surface area contributed by atoms with Gasteiger partial charge in [0.2, 0.25) is 5.91 Å². The van der Waals surface area contributed by atoms with Crippen LogP contribution in [0, 0.1) is 6.92 Å². The highest BCUT2D eigenvalue weighted by Crippen LogP contribution is 2.21. The molecule has 2 heterocycles.